The largest absolute Gasteiger partial charge is 0.395 e. The molecule has 1 unspecified atom stereocenters. The third-order valence-electron chi connectivity index (χ3n) is 2.74. The van der Waals surface area contributed by atoms with Crippen molar-refractivity contribution in [3.05, 3.63) is 0 Å². The molecule has 1 N–H and O–H groups in total. The Morgan fingerprint density at radius 2 is 2.23 bits per heavy atom. The zero-order valence-electron chi connectivity index (χ0n) is 8.38. The number of aliphatic hydroxyl groups is 1. The van der Waals surface area contributed by atoms with Gasteiger partial charge in [0, 0.05) is 24.5 Å². The van der Waals surface area contributed by atoms with Crippen molar-refractivity contribution in [3.63, 3.8) is 0 Å². The minimum atomic E-state index is 0.301. The van der Waals surface area contributed by atoms with E-state index in [1.54, 1.807) is 0 Å². The van der Waals surface area contributed by atoms with Crippen molar-refractivity contribution in [3.8, 4) is 0 Å². The molecule has 13 heavy (non-hydrogen) atoms. The Labute approximate surface area is 89.4 Å². The molecule has 1 aliphatic rings. The number of hydrogen-bond donors (Lipinski definition) is 1. The molecule has 78 valence electrons. The number of halogens is 1. The highest BCUT2D eigenvalue weighted by atomic mass is 79.9. The van der Waals surface area contributed by atoms with Gasteiger partial charge < -0.3 is 5.11 Å². The summed E-state index contributed by atoms with van der Waals surface area (Å²) in [5.74, 6) is 0.743. The van der Waals surface area contributed by atoms with Crippen LogP contribution in [-0.4, -0.2) is 41.1 Å². The van der Waals surface area contributed by atoms with Crippen LogP contribution in [0.15, 0.2) is 0 Å². The van der Waals surface area contributed by atoms with E-state index >= 15 is 0 Å². The molecule has 0 aromatic rings. The van der Waals surface area contributed by atoms with E-state index in [4.69, 9.17) is 5.11 Å². The molecule has 0 saturated heterocycles. The summed E-state index contributed by atoms with van der Waals surface area (Å²) >= 11 is 3.54. The van der Waals surface area contributed by atoms with Crippen LogP contribution in [0, 0.1) is 5.92 Å². The number of rotatable bonds is 7. The molecule has 0 amide bonds. The maximum atomic E-state index is 8.92. The van der Waals surface area contributed by atoms with Crippen LogP contribution in [0.25, 0.3) is 0 Å². The molecule has 1 atom stereocenters. The SMILES string of the molecule is CCC(CBr)CN(CCO)C1CC1. The van der Waals surface area contributed by atoms with Crippen molar-refractivity contribution < 1.29 is 5.11 Å². The van der Waals surface area contributed by atoms with Gasteiger partial charge in [-0.3, -0.25) is 4.90 Å². The molecular formula is C10H20BrNO. The second-order valence-electron chi connectivity index (χ2n) is 3.88. The Hall–Kier alpha value is 0.400. The predicted octanol–water partition coefficient (Wildman–Crippen LogP) is 1.86. The molecule has 2 nitrogen and oxygen atoms in total. The van der Waals surface area contributed by atoms with Gasteiger partial charge >= 0.3 is 0 Å². The van der Waals surface area contributed by atoms with Gasteiger partial charge in [-0.25, -0.2) is 0 Å². The molecule has 0 spiro atoms. The van der Waals surface area contributed by atoms with Crippen LogP contribution < -0.4 is 0 Å². The summed E-state index contributed by atoms with van der Waals surface area (Å²) in [4.78, 5) is 2.44. The van der Waals surface area contributed by atoms with E-state index in [0.717, 1.165) is 30.4 Å². The van der Waals surface area contributed by atoms with Gasteiger partial charge in [-0.05, 0) is 18.8 Å². The molecule has 1 rings (SSSR count). The van der Waals surface area contributed by atoms with Gasteiger partial charge in [0.15, 0.2) is 0 Å². The van der Waals surface area contributed by atoms with E-state index in [9.17, 15) is 0 Å². The van der Waals surface area contributed by atoms with E-state index in [0.29, 0.717) is 6.61 Å². The third kappa shape index (κ3) is 3.96. The summed E-state index contributed by atoms with van der Waals surface area (Å²) in [7, 11) is 0. The molecule has 0 radical (unpaired) electrons. The average Bonchev–Trinajstić information content (AvgIpc) is 2.95. The first-order valence-electron chi connectivity index (χ1n) is 5.22. The molecular weight excluding hydrogens is 230 g/mol. The molecule has 3 heteroatoms. The fraction of sp³-hybridized carbons (Fsp3) is 1.00. The van der Waals surface area contributed by atoms with Crippen molar-refractivity contribution in [2.75, 3.05) is 25.0 Å². The number of hydrogen-bond acceptors (Lipinski definition) is 2. The zero-order valence-corrected chi connectivity index (χ0v) is 9.96. The van der Waals surface area contributed by atoms with Crippen LogP contribution in [0.2, 0.25) is 0 Å². The van der Waals surface area contributed by atoms with Gasteiger partial charge in [-0.15, -0.1) is 0 Å². The van der Waals surface area contributed by atoms with Crippen molar-refractivity contribution in [1.82, 2.24) is 4.90 Å². The molecule has 0 bridgehead atoms. The van der Waals surface area contributed by atoms with Gasteiger partial charge in [-0.1, -0.05) is 29.3 Å². The van der Waals surface area contributed by atoms with Crippen molar-refractivity contribution >= 4 is 15.9 Å². The number of aliphatic hydroxyl groups excluding tert-OH is 1. The summed E-state index contributed by atoms with van der Waals surface area (Å²) in [6.45, 7) is 4.53. The molecule has 1 aliphatic carbocycles. The predicted molar refractivity (Wildman–Crippen MR) is 59.3 cm³/mol. The standard InChI is InChI=1S/C10H20BrNO/c1-2-9(7-11)8-12(5-6-13)10-3-4-10/h9-10,13H,2-8H2,1H3. The Kier molecular flexibility index (Phi) is 5.29. The van der Waals surface area contributed by atoms with E-state index in [-0.39, 0.29) is 0 Å². The normalized spacial score (nSPS) is 19.4. The zero-order chi connectivity index (χ0) is 9.68. The first-order chi connectivity index (χ1) is 6.31. The van der Waals surface area contributed by atoms with Gasteiger partial charge in [-0.2, -0.15) is 0 Å². The minimum absolute atomic E-state index is 0.301. The van der Waals surface area contributed by atoms with Gasteiger partial charge in [0.2, 0.25) is 0 Å². The molecule has 0 aromatic carbocycles. The Morgan fingerprint density at radius 1 is 1.54 bits per heavy atom. The summed E-state index contributed by atoms with van der Waals surface area (Å²) < 4.78 is 0. The fourth-order valence-electron chi connectivity index (χ4n) is 1.61. The molecule has 1 saturated carbocycles. The summed E-state index contributed by atoms with van der Waals surface area (Å²) in [6, 6.07) is 0.778. The Morgan fingerprint density at radius 3 is 2.62 bits per heavy atom. The van der Waals surface area contributed by atoms with E-state index in [1.807, 2.05) is 0 Å². The van der Waals surface area contributed by atoms with Crippen LogP contribution in [0.5, 0.6) is 0 Å². The van der Waals surface area contributed by atoms with Crippen LogP contribution in [0.4, 0.5) is 0 Å². The lowest BCUT2D eigenvalue weighted by molar-refractivity contribution is 0.171. The van der Waals surface area contributed by atoms with Crippen molar-refractivity contribution in [2.24, 2.45) is 5.92 Å². The summed E-state index contributed by atoms with van der Waals surface area (Å²) in [5.41, 5.74) is 0. The highest BCUT2D eigenvalue weighted by Gasteiger charge is 2.29. The van der Waals surface area contributed by atoms with Crippen LogP contribution in [0.1, 0.15) is 26.2 Å². The fourth-order valence-corrected chi connectivity index (χ4v) is 2.27. The molecule has 1 fully saturated rings. The third-order valence-corrected chi connectivity index (χ3v) is 3.65. The first-order valence-corrected chi connectivity index (χ1v) is 6.34. The smallest absolute Gasteiger partial charge is 0.0558 e. The van der Waals surface area contributed by atoms with Crippen LogP contribution in [0.3, 0.4) is 0 Å². The van der Waals surface area contributed by atoms with Crippen LogP contribution in [-0.2, 0) is 0 Å². The van der Waals surface area contributed by atoms with E-state index in [2.05, 4.69) is 27.8 Å². The summed E-state index contributed by atoms with van der Waals surface area (Å²) in [6.07, 6.45) is 3.89. The summed E-state index contributed by atoms with van der Waals surface area (Å²) in [5, 5.41) is 10.00. The Bertz CT molecular complexity index is 135. The quantitative estimate of drug-likeness (QED) is 0.697. The molecule has 0 heterocycles. The highest BCUT2D eigenvalue weighted by molar-refractivity contribution is 9.09. The van der Waals surface area contributed by atoms with E-state index < -0.39 is 0 Å². The number of nitrogens with zero attached hydrogens (tertiary/aromatic N) is 1. The first kappa shape index (κ1) is 11.5. The molecule has 0 aliphatic heterocycles. The van der Waals surface area contributed by atoms with Crippen LogP contribution >= 0.6 is 15.9 Å². The van der Waals surface area contributed by atoms with Gasteiger partial charge in [0.25, 0.3) is 0 Å². The van der Waals surface area contributed by atoms with Crippen molar-refractivity contribution in [1.29, 1.82) is 0 Å². The minimum Gasteiger partial charge on any atom is -0.395 e. The van der Waals surface area contributed by atoms with E-state index in [1.165, 1.54) is 19.3 Å². The maximum Gasteiger partial charge on any atom is 0.0558 e. The number of alkyl halides is 1. The van der Waals surface area contributed by atoms with Gasteiger partial charge in [0.1, 0.15) is 0 Å². The molecule has 0 aromatic heterocycles. The lowest BCUT2D eigenvalue weighted by atomic mass is 10.1. The van der Waals surface area contributed by atoms with Gasteiger partial charge in [0.05, 0.1) is 6.61 Å². The topological polar surface area (TPSA) is 23.5 Å². The lowest BCUT2D eigenvalue weighted by Crippen LogP contribution is -2.34. The monoisotopic (exact) mass is 249 g/mol. The second kappa shape index (κ2) is 5.99. The average molecular weight is 250 g/mol. The second-order valence-corrected chi connectivity index (χ2v) is 4.53. The Balaban J connectivity index is 2.27. The van der Waals surface area contributed by atoms with Crippen molar-refractivity contribution in [2.45, 2.75) is 32.2 Å². The maximum absolute atomic E-state index is 8.92. The lowest BCUT2D eigenvalue weighted by Gasteiger charge is -2.25. The highest BCUT2D eigenvalue weighted by Crippen LogP contribution is 2.27.